The number of phenolic OH excluding ortho intramolecular Hbond substituents is 1. The first-order valence-electron chi connectivity index (χ1n) is 10.3. The third-order valence-electron chi connectivity index (χ3n) is 5.85. The lowest BCUT2D eigenvalue weighted by Crippen LogP contribution is -2.15. The molecule has 152 valence electrons. The molecule has 2 aromatic rings. The zero-order chi connectivity index (χ0) is 21.0. The van der Waals surface area contributed by atoms with Gasteiger partial charge in [0.2, 0.25) is 0 Å². The van der Waals surface area contributed by atoms with Gasteiger partial charge in [-0.3, -0.25) is 0 Å². The second-order valence-electron chi connectivity index (χ2n) is 8.50. The Morgan fingerprint density at radius 3 is 2.48 bits per heavy atom. The molecule has 1 saturated carbocycles. The highest BCUT2D eigenvalue weighted by Gasteiger charge is 2.21. The van der Waals surface area contributed by atoms with Gasteiger partial charge in [-0.05, 0) is 97.4 Å². The second kappa shape index (κ2) is 9.13. The minimum absolute atomic E-state index is 0.284. The quantitative estimate of drug-likeness (QED) is 0.433. The molecule has 1 aliphatic carbocycles. The Labute approximate surface area is 173 Å². The van der Waals surface area contributed by atoms with Gasteiger partial charge in [0.1, 0.15) is 5.75 Å². The fourth-order valence-corrected chi connectivity index (χ4v) is 4.39. The average Bonchev–Trinajstić information content (AvgIpc) is 2.67. The number of aromatic hydroxyl groups is 1. The largest absolute Gasteiger partial charge is 0.508 e. The summed E-state index contributed by atoms with van der Waals surface area (Å²) in [7, 11) is 0. The molecule has 0 radical (unpaired) electrons. The highest BCUT2D eigenvalue weighted by Crippen LogP contribution is 2.35. The predicted octanol–water partition coefficient (Wildman–Crippen LogP) is 6.58. The first kappa shape index (κ1) is 20.9. The summed E-state index contributed by atoms with van der Waals surface area (Å²) in [5.74, 6) is 0.795. The third-order valence-corrected chi connectivity index (χ3v) is 5.85. The Morgan fingerprint density at radius 2 is 1.83 bits per heavy atom. The third kappa shape index (κ3) is 5.60. The summed E-state index contributed by atoms with van der Waals surface area (Å²) >= 11 is 0. The van der Waals surface area contributed by atoms with Crippen molar-refractivity contribution in [1.82, 2.24) is 0 Å². The Morgan fingerprint density at radius 1 is 1.14 bits per heavy atom. The number of aromatic carboxylic acids is 1. The van der Waals surface area contributed by atoms with E-state index < -0.39 is 5.97 Å². The number of hydrogen-bond donors (Lipinski definition) is 2. The molecule has 0 aromatic heterocycles. The summed E-state index contributed by atoms with van der Waals surface area (Å²) in [6.45, 7) is 8.52. The maximum Gasteiger partial charge on any atom is 0.335 e. The van der Waals surface area contributed by atoms with E-state index in [2.05, 4.69) is 19.6 Å². The van der Waals surface area contributed by atoms with Crippen molar-refractivity contribution in [3.8, 4) is 5.75 Å². The summed E-state index contributed by atoms with van der Waals surface area (Å²) < 4.78 is 0. The molecule has 3 heteroatoms. The van der Waals surface area contributed by atoms with Crippen LogP contribution < -0.4 is 0 Å². The van der Waals surface area contributed by atoms with Crippen molar-refractivity contribution in [2.45, 2.75) is 46.0 Å². The van der Waals surface area contributed by atoms with Crippen molar-refractivity contribution in [3.63, 3.8) is 0 Å². The number of benzene rings is 2. The number of aryl methyl sites for hydroxylation is 1. The average molecular weight is 391 g/mol. The van der Waals surface area contributed by atoms with Gasteiger partial charge in [0, 0.05) is 0 Å². The number of hydrogen-bond acceptors (Lipinski definition) is 2. The highest BCUT2D eigenvalue weighted by atomic mass is 16.4. The molecule has 1 aliphatic rings. The molecule has 0 bridgehead atoms. The van der Waals surface area contributed by atoms with Crippen molar-refractivity contribution in [1.29, 1.82) is 0 Å². The van der Waals surface area contributed by atoms with Crippen molar-refractivity contribution < 1.29 is 15.0 Å². The van der Waals surface area contributed by atoms with Gasteiger partial charge < -0.3 is 10.2 Å². The maximum absolute atomic E-state index is 11.0. The monoisotopic (exact) mass is 390 g/mol. The lowest BCUT2D eigenvalue weighted by atomic mass is 9.77. The lowest BCUT2D eigenvalue weighted by molar-refractivity contribution is 0.0697. The molecular formula is C26H30O3. The summed E-state index contributed by atoms with van der Waals surface area (Å²) in [5, 5.41) is 19.4. The maximum atomic E-state index is 11.0. The first-order chi connectivity index (χ1) is 13.8. The van der Waals surface area contributed by atoms with E-state index in [0.717, 1.165) is 47.9 Å². The number of phenols is 1. The topological polar surface area (TPSA) is 57.5 Å². The smallest absolute Gasteiger partial charge is 0.335 e. The van der Waals surface area contributed by atoms with E-state index in [1.54, 1.807) is 18.2 Å². The molecule has 0 aliphatic heterocycles. The molecule has 3 rings (SSSR count). The number of carbonyl (C=O) groups is 1. The summed E-state index contributed by atoms with van der Waals surface area (Å²) in [5.41, 5.74) is 5.73. The fourth-order valence-electron chi connectivity index (χ4n) is 4.39. The van der Waals surface area contributed by atoms with Gasteiger partial charge in [-0.1, -0.05) is 43.4 Å². The Kier molecular flexibility index (Phi) is 6.58. The molecule has 0 saturated heterocycles. The van der Waals surface area contributed by atoms with Gasteiger partial charge in [0.05, 0.1) is 5.56 Å². The second-order valence-corrected chi connectivity index (χ2v) is 8.50. The van der Waals surface area contributed by atoms with Gasteiger partial charge in [-0.15, -0.1) is 0 Å². The zero-order valence-corrected chi connectivity index (χ0v) is 17.3. The molecule has 1 fully saturated rings. The molecule has 0 amide bonds. The minimum Gasteiger partial charge on any atom is -0.508 e. The highest BCUT2D eigenvalue weighted by molar-refractivity contribution is 5.88. The molecule has 2 atom stereocenters. The van der Waals surface area contributed by atoms with Gasteiger partial charge in [0.25, 0.3) is 0 Å². The standard InChI is InChI=1S/C26H30O3/c1-17-12-18(2)14-21(13-17)6-9-24-16-23(10-11-25(24)27)19(3)15-20-4-7-22(8-5-20)26(28)29/h4-5,7-8,10-11,15-16,18,21,27H,1,6,9,12-14H2,2-3H3,(H,28,29)/b19-15+. The molecule has 2 N–H and O–H groups in total. The van der Waals surface area contributed by atoms with Crippen LogP contribution in [0.1, 0.15) is 66.6 Å². The van der Waals surface area contributed by atoms with Gasteiger partial charge in [-0.2, -0.15) is 0 Å². The molecule has 2 aromatic carbocycles. The Balaban J connectivity index is 1.72. The van der Waals surface area contributed by atoms with Crippen LogP contribution in [-0.4, -0.2) is 16.2 Å². The normalized spacial score (nSPS) is 19.9. The number of carboxylic acids is 1. The number of carboxylic acid groups (broad SMARTS) is 1. The van der Waals surface area contributed by atoms with Crippen LogP contribution in [0.5, 0.6) is 5.75 Å². The van der Waals surface area contributed by atoms with Crippen LogP contribution in [0.3, 0.4) is 0 Å². The molecule has 2 unspecified atom stereocenters. The van der Waals surface area contributed by atoms with E-state index in [1.807, 2.05) is 31.2 Å². The van der Waals surface area contributed by atoms with Crippen LogP contribution in [0, 0.1) is 11.8 Å². The van der Waals surface area contributed by atoms with Crippen LogP contribution in [0.25, 0.3) is 11.6 Å². The van der Waals surface area contributed by atoms with Crippen LogP contribution >= 0.6 is 0 Å². The molecule has 3 nitrogen and oxygen atoms in total. The van der Waals surface area contributed by atoms with E-state index in [-0.39, 0.29) is 5.56 Å². The fraction of sp³-hybridized carbons (Fsp3) is 0.346. The zero-order valence-electron chi connectivity index (χ0n) is 17.3. The van der Waals surface area contributed by atoms with Crippen molar-refractivity contribution in [2.24, 2.45) is 11.8 Å². The van der Waals surface area contributed by atoms with Crippen molar-refractivity contribution in [2.75, 3.05) is 0 Å². The van der Waals surface area contributed by atoms with E-state index in [0.29, 0.717) is 17.6 Å². The predicted molar refractivity (Wildman–Crippen MR) is 119 cm³/mol. The molecule has 0 spiro atoms. The van der Waals surface area contributed by atoms with E-state index in [4.69, 9.17) is 5.11 Å². The van der Waals surface area contributed by atoms with Crippen LogP contribution in [0.4, 0.5) is 0 Å². The summed E-state index contributed by atoms with van der Waals surface area (Å²) in [4.78, 5) is 11.0. The van der Waals surface area contributed by atoms with Gasteiger partial charge >= 0.3 is 5.97 Å². The van der Waals surface area contributed by atoms with Gasteiger partial charge in [0.15, 0.2) is 0 Å². The molecule has 0 heterocycles. The summed E-state index contributed by atoms with van der Waals surface area (Å²) in [6, 6.07) is 12.6. The lowest BCUT2D eigenvalue weighted by Gasteiger charge is -2.28. The van der Waals surface area contributed by atoms with Crippen molar-refractivity contribution >= 4 is 17.6 Å². The van der Waals surface area contributed by atoms with E-state index in [1.165, 1.54) is 12.0 Å². The van der Waals surface area contributed by atoms with Crippen LogP contribution in [0.15, 0.2) is 54.6 Å². The molecular weight excluding hydrogens is 360 g/mol. The van der Waals surface area contributed by atoms with Gasteiger partial charge in [-0.25, -0.2) is 4.79 Å². The van der Waals surface area contributed by atoms with E-state index >= 15 is 0 Å². The van der Waals surface area contributed by atoms with Crippen LogP contribution in [-0.2, 0) is 6.42 Å². The Hall–Kier alpha value is -2.81. The van der Waals surface area contributed by atoms with Crippen molar-refractivity contribution in [3.05, 3.63) is 76.9 Å². The van der Waals surface area contributed by atoms with E-state index in [9.17, 15) is 9.90 Å². The number of allylic oxidation sites excluding steroid dienone is 2. The molecule has 29 heavy (non-hydrogen) atoms. The Bertz CT molecular complexity index is 921. The first-order valence-corrected chi connectivity index (χ1v) is 10.3. The van der Waals surface area contributed by atoms with Crippen LogP contribution in [0.2, 0.25) is 0 Å². The summed E-state index contributed by atoms with van der Waals surface area (Å²) in [6.07, 6.45) is 7.47. The SMILES string of the molecule is C=C1CC(C)CC(CCc2cc(/C(C)=C/c3ccc(C(=O)O)cc3)ccc2O)C1. The minimum atomic E-state index is -0.920. The number of rotatable bonds is 6.